The fourth-order valence-corrected chi connectivity index (χ4v) is 5.61. The Morgan fingerprint density at radius 2 is 1.39 bits per heavy atom. The van der Waals surface area contributed by atoms with Gasteiger partial charge in [0.2, 0.25) is 0 Å². The summed E-state index contributed by atoms with van der Waals surface area (Å²) in [6.45, 7) is 0. The number of para-hydroxylation sites is 4. The van der Waals surface area contributed by atoms with Crippen LogP contribution in [0.2, 0.25) is 0 Å². The Balaban J connectivity index is 1.78. The average Bonchev–Trinajstić information content (AvgIpc) is 3.35. The Morgan fingerprint density at radius 1 is 0.805 bits per heavy atom. The van der Waals surface area contributed by atoms with E-state index in [1.54, 1.807) is 97.1 Å². The molecule has 0 aliphatic carbocycles. The highest BCUT2D eigenvalue weighted by atomic mass is 79.9. The fourth-order valence-electron chi connectivity index (χ4n) is 5.35. The zero-order valence-electron chi connectivity index (χ0n) is 21.3. The number of nitrogens with zero attached hydrogens (tertiary/aromatic N) is 3. The number of Topliss-reactive ketones (excluding diaryl/α,β-unsaturated/α-hetero) is 1. The lowest BCUT2D eigenvalue weighted by molar-refractivity contribution is -0.494. The predicted octanol–water partition coefficient (Wildman–Crippen LogP) is 4.44. The molecule has 1 atom stereocenters. The molecule has 1 unspecified atom stereocenters. The molecule has 2 amide bonds. The third kappa shape index (κ3) is 3.75. The Bertz CT molecular complexity index is 1790. The van der Waals surface area contributed by atoms with Crippen molar-refractivity contribution in [2.75, 3.05) is 9.80 Å². The zero-order chi connectivity index (χ0) is 28.9. The number of amides is 2. The molecule has 4 aromatic rings. The van der Waals surface area contributed by atoms with Gasteiger partial charge >= 0.3 is 23.4 Å². The van der Waals surface area contributed by atoms with Crippen LogP contribution in [0.5, 0.6) is 5.75 Å². The summed E-state index contributed by atoms with van der Waals surface area (Å²) in [7, 11) is 0. The highest BCUT2D eigenvalue weighted by molar-refractivity contribution is 9.10. The number of rotatable bonds is 4. The third-order valence-electron chi connectivity index (χ3n) is 7.09. The third-order valence-corrected chi connectivity index (χ3v) is 7.61. The SMILES string of the molecule is NC1=[N+](c2ccccc2)C2(C(=O)N1c1ccccc1)/C(=C(\O)c1ccc(Br)cc1)C(=O)C(=O)N2c1ccccc1O. The van der Waals surface area contributed by atoms with Crippen molar-refractivity contribution in [2.24, 2.45) is 5.73 Å². The highest BCUT2D eigenvalue weighted by Gasteiger charge is 2.74. The largest absolute Gasteiger partial charge is 0.507 e. The van der Waals surface area contributed by atoms with E-state index in [2.05, 4.69) is 15.9 Å². The molecule has 1 fully saturated rings. The molecular weight excluding hydrogens is 588 g/mol. The fraction of sp³-hybridized carbons (Fsp3) is 0.0323. The molecule has 1 saturated heterocycles. The number of ketones is 1. The van der Waals surface area contributed by atoms with Gasteiger partial charge in [-0.3, -0.25) is 20.2 Å². The lowest BCUT2D eigenvalue weighted by atomic mass is 9.93. The molecule has 2 heterocycles. The summed E-state index contributed by atoms with van der Waals surface area (Å²) in [5.74, 6) is -4.09. The van der Waals surface area contributed by atoms with Crippen LogP contribution in [0.15, 0.2) is 119 Å². The number of hydrogen-bond acceptors (Lipinski definition) is 6. The van der Waals surface area contributed by atoms with Crippen LogP contribution in [0.4, 0.5) is 17.1 Å². The summed E-state index contributed by atoms with van der Waals surface area (Å²) >= 11 is 3.36. The van der Waals surface area contributed by atoms with Gasteiger partial charge < -0.3 is 10.2 Å². The molecule has 202 valence electrons. The minimum atomic E-state index is -2.34. The van der Waals surface area contributed by atoms with Gasteiger partial charge in [-0.1, -0.05) is 76.6 Å². The maximum atomic E-state index is 14.9. The first-order valence-corrected chi connectivity index (χ1v) is 13.3. The van der Waals surface area contributed by atoms with Crippen molar-refractivity contribution in [3.8, 4) is 5.75 Å². The van der Waals surface area contributed by atoms with E-state index in [1.807, 2.05) is 0 Å². The van der Waals surface area contributed by atoms with Gasteiger partial charge in [-0.05, 0) is 48.5 Å². The molecule has 9 nitrogen and oxygen atoms in total. The van der Waals surface area contributed by atoms with E-state index in [0.29, 0.717) is 15.8 Å². The number of aliphatic hydroxyl groups excluding tert-OH is 1. The Morgan fingerprint density at radius 3 is 2.02 bits per heavy atom. The van der Waals surface area contributed by atoms with Crippen molar-refractivity contribution in [1.29, 1.82) is 0 Å². The van der Waals surface area contributed by atoms with Gasteiger partial charge in [0.25, 0.3) is 5.78 Å². The van der Waals surface area contributed by atoms with Gasteiger partial charge in [-0.25, -0.2) is 4.79 Å². The molecule has 4 N–H and O–H groups in total. The first-order valence-electron chi connectivity index (χ1n) is 12.5. The number of phenolic OH excluding ortho intramolecular Hbond substituents is 1. The van der Waals surface area contributed by atoms with Gasteiger partial charge in [0.05, 0.1) is 5.69 Å². The Kier molecular flexibility index (Phi) is 6.19. The summed E-state index contributed by atoms with van der Waals surface area (Å²) in [5.41, 5.74) is 4.73. The van der Waals surface area contributed by atoms with Crippen LogP contribution < -0.4 is 15.5 Å². The molecule has 0 saturated carbocycles. The summed E-state index contributed by atoms with van der Waals surface area (Å²) in [5, 5.41) is 22.7. The van der Waals surface area contributed by atoms with Gasteiger partial charge in [0.15, 0.2) is 0 Å². The van der Waals surface area contributed by atoms with Crippen molar-refractivity contribution in [1.82, 2.24) is 0 Å². The van der Waals surface area contributed by atoms with Crippen LogP contribution in [-0.2, 0) is 14.4 Å². The van der Waals surface area contributed by atoms with Crippen LogP contribution >= 0.6 is 15.9 Å². The molecule has 6 rings (SSSR count). The number of phenols is 1. The molecule has 41 heavy (non-hydrogen) atoms. The number of aromatic hydroxyl groups is 1. The highest BCUT2D eigenvalue weighted by Crippen LogP contribution is 2.49. The summed E-state index contributed by atoms with van der Waals surface area (Å²) in [6.07, 6.45) is 0. The van der Waals surface area contributed by atoms with Gasteiger partial charge in [0.1, 0.15) is 28.5 Å². The quantitative estimate of drug-likeness (QED) is 0.136. The maximum absolute atomic E-state index is 14.9. The van der Waals surface area contributed by atoms with E-state index >= 15 is 0 Å². The number of anilines is 2. The number of benzene rings is 4. The normalized spacial score (nSPS) is 20.0. The Hall–Kier alpha value is -5.22. The Labute approximate surface area is 242 Å². The minimum absolute atomic E-state index is 0.110. The van der Waals surface area contributed by atoms with Crippen LogP contribution in [0.1, 0.15) is 5.56 Å². The van der Waals surface area contributed by atoms with E-state index in [1.165, 1.54) is 21.6 Å². The van der Waals surface area contributed by atoms with Gasteiger partial charge in [0, 0.05) is 10.0 Å². The molecule has 4 aromatic carbocycles. The predicted molar refractivity (Wildman–Crippen MR) is 157 cm³/mol. The van der Waals surface area contributed by atoms with Crippen LogP contribution in [-0.4, -0.2) is 44.0 Å². The number of carbonyl (C=O) groups is 3. The maximum Gasteiger partial charge on any atom is 0.366 e. The van der Waals surface area contributed by atoms with E-state index in [4.69, 9.17) is 5.73 Å². The van der Waals surface area contributed by atoms with Crippen LogP contribution in [0.3, 0.4) is 0 Å². The monoisotopic (exact) mass is 609 g/mol. The van der Waals surface area contributed by atoms with E-state index in [9.17, 15) is 24.6 Å². The lowest BCUT2D eigenvalue weighted by Crippen LogP contribution is -2.59. The number of nitrogens with two attached hydrogens (primary N) is 1. The van der Waals surface area contributed by atoms with E-state index in [-0.39, 0.29) is 23.0 Å². The second kappa shape index (κ2) is 9.76. The van der Waals surface area contributed by atoms with Crippen molar-refractivity contribution in [3.05, 3.63) is 125 Å². The van der Waals surface area contributed by atoms with Gasteiger partial charge in [-0.15, -0.1) is 0 Å². The number of carbonyl (C=O) groups excluding carboxylic acids is 3. The van der Waals surface area contributed by atoms with Crippen LogP contribution in [0.25, 0.3) is 5.76 Å². The summed E-state index contributed by atoms with van der Waals surface area (Å²) in [4.78, 5) is 45.0. The molecule has 0 radical (unpaired) electrons. The minimum Gasteiger partial charge on any atom is -0.507 e. The lowest BCUT2D eigenvalue weighted by Gasteiger charge is -2.33. The second-order valence-electron chi connectivity index (χ2n) is 9.37. The standard InChI is InChI=1S/C31H21BrN4O5/c32-20-17-15-19(16-18-20)26(38)25-27(39)28(40)36(23-13-7-8-14-24(23)37)31(25)29(41)34(21-9-3-1-4-10-21)30(33)35(31)22-11-5-2-6-12-22/h1-18,33H,(H2,37,38,39)/p+1. The molecular formula is C31H22BrN4O5+. The van der Waals surface area contributed by atoms with E-state index < -0.39 is 34.6 Å². The average molecular weight is 610 g/mol. The zero-order valence-corrected chi connectivity index (χ0v) is 22.9. The molecule has 2 aliphatic heterocycles. The second-order valence-corrected chi connectivity index (χ2v) is 10.3. The summed E-state index contributed by atoms with van der Waals surface area (Å²) in [6, 6.07) is 29.3. The van der Waals surface area contributed by atoms with Crippen molar-refractivity contribution in [3.63, 3.8) is 0 Å². The number of aliphatic hydroxyl groups is 1. The van der Waals surface area contributed by atoms with Crippen molar-refractivity contribution < 1.29 is 29.2 Å². The first-order chi connectivity index (χ1) is 19.8. The van der Waals surface area contributed by atoms with Crippen LogP contribution in [0, 0.1) is 0 Å². The summed E-state index contributed by atoms with van der Waals surface area (Å²) < 4.78 is 2.07. The topological polar surface area (TPSA) is 127 Å². The molecule has 0 aromatic heterocycles. The van der Waals surface area contributed by atoms with E-state index in [0.717, 1.165) is 4.90 Å². The molecule has 2 aliphatic rings. The van der Waals surface area contributed by atoms with Crippen molar-refractivity contribution in [2.45, 2.75) is 5.66 Å². The smallest absolute Gasteiger partial charge is 0.366 e. The molecule has 10 heteroatoms. The van der Waals surface area contributed by atoms with Crippen molar-refractivity contribution >= 4 is 62.3 Å². The molecule has 0 bridgehead atoms. The van der Waals surface area contributed by atoms with Gasteiger partial charge in [-0.2, -0.15) is 9.48 Å². The number of hydrogen-bond donors (Lipinski definition) is 3. The number of guanidine groups is 1. The molecule has 1 spiro atoms. The number of halogens is 1. The first kappa shape index (κ1) is 26.0.